The number of methoxy groups -OCH3 is 1. The number of anilines is 2. The normalized spacial score (nSPS) is 10.1. The second-order valence-electron chi connectivity index (χ2n) is 4.38. The summed E-state index contributed by atoms with van der Waals surface area (Å²) in [6.45, 7) is 1.73. The number of hydrogen-bond donors (Lipinski definition) is 3. The van der Waals surface area contributed by atoms with Crippen molar-refractivity contribution in [3.63, 3.8) is 0 Å². The van der Waals surface area contributed by atoms with Crippen LogP contribution in [0.3, 0.4) is 0 Å². The SMILES string of the molecule is COc1cc(N)ccc1NC(=O)c1cccc(C)c1O. The summed E-state index contributed by atoms with van der Waals surface area (Å²) in [6.07, 6.45) is 0. The van der Waals surface area contributed by atoms with Gasteiger partial charge in [0.15, 0.2) is 0 Å². The lowest BCUT2D eigenvalue weighted by Gasteiger charge is -2.12. The highest BCUT2D eigenvalue weighted by Crippen LogP contribution is 2.28. The molecule has 104 valence electrons. The summed E-state index contributed by atoms with van der Waals surface area (Å²) < 4.78 is 5.16. The van der Waals surface area contributed by atoms with Crippen molar-refractivity contribution >= 4 is 17.3 Å². The fourth-order valence-electron chi connectivity index (χ4n) is 1.84. The Kier molecular flexibility index (Phi) is 3.79. The number of ether oxygens (including phenoxy) is 1. The van der Waals surface area contributed by atoms with Gasteiger partial charge in [-0.05, 0) is 30.7 Å². The molecule has 0 atom stereocenters. The third-order valence-corrected chi connectivity index (χ3v) is 2.96. The van der Waals surface area contributed by atoms with Gasteiger partial charge in [0, 0.05) is 11.8 Å². The first-order valence-corrected chi connectivity index (χ1v) is 6.06. The molecule has 1 amide bonds. The topological polar surface area (TPSA) is 84.6 Å². The van der Waals surface area contributed by atoms with E-state index in [-0.39, 0.29) is 11.3 Å². The van der Waals surface area contributed by atoms with Crippen LogP contribution in [0.15, 0.2) is 36.4 Å². The highest BCUT2D eigenvalue weighted by molar-refractivity contribution is 6.07. The van der Waals surface area contributed by atoms with Gasteiger partial charge in [0.2, 0.25) is 0 Å². The predicted molar refractivity (Wildman–Crippen MR) is 78.2 cm³/mol. The molecule has 0 aromatic heterocycles. The van der Waals surface area contributed by atoms with Crippen molar-refractivity contribution < 1.29 is 14.6 Å². The molecule has 0 spiro atoms. The first-order chi connectivity index (χ1) is 9.52. The lowest BCUT2D eigenvalue weighted by molar-refractivity contribution is 0.102. The Bertz CT molecular complexity index is 654. The van der Waals surface area contributed by atoms with Crippen LogP contribution in [0.2, 0.25) is 0 Å². The van der Waals surface area contributed by atoms with Crippen molar-refractivity contribution in [3.8, 4) is 11.5 Å². The zero-order valence-electron chi connectivity index (χ0n) is 11.3. The van der Waals surface area contributed by atoms with Crippen LogP contribution in [-0.2, 0) is 0 Å². The van der Waals surface area contributed by atoms with Gasteiger partial charge in [-0.15, -0.1) is 0 Å². The number of amides is 1. The molecule has 2 rings (SSSR count). The van der Waals surface area contributed by atoms with Gasteiger partial charge in [0.05, 0.1) is 18.4 Å². The number of nitrogens with two attached hydrogens (primary N) is 1. The van der Waals surface area contributed by atoms with Crippen LogP contribution in [-0.4, -0.2) is 18.1 Å². The Labute approximate surface area is 117 Å². The minimum atomic E-state index is -0.408. The Balaban J connectivity index is 2.30. The molecule has 0 aliphatic carbocycles. The van der Waals surface area contributed by atoms with E-state index in [1.165, 1.54) is 7.11 Å². The smallest absolute Gasteiger partial charge is 0.259 e. The standard InChI is InChI=1S/C15H16N2O3/c1-9-4-3-5-11(14(9)18)15(19)17-12-7-6-10(16)8-13(12)20-2/h3-8,18H,16H2,1-2H3,(H,17,19). The van der Waals surface area contributed by atoms with Crippen molar-refractivity contribution in [1.29, 1.82) is 0 Å². The van der Waals surface area contributed by atoms with Crippen LogP contribution in [0, 0.1) is 6.92 Å². The Hall–Kier alpha value is -2.69. The molecule has 2 aromatic carbocycles. The van der Waals surface area contributed by atoms with Gasteiger partial charge in [0.25, 0.3) is 5.91 Å². The minimum Gasteiger partial charge on any atom is -0.507 e. The van der Waals surface area contributed by atoms with Crippen molar-refractivity contribution in [1.82, 2.24) is 0 Å². The highest BCUT2D eigenvalue weighted by atomic mass is 16.5. The molecule has 5 nitrogen and oxygen atoms in total. The summed E-state index contributed by atoms with van der Waals surface area (Å²) in [5, 5.41) is 12.6. The number of para-hydroxylation sites is 1. The number of phenolic OH excluding ortho intramolecular Hbond substituents is 1. The third-order valence-electron chi connectivity index (χ3n) is 2.96. The molecule has 0 heterocycles. The maximum Gasteiger partial charge on any atom is 0.259 e. The molecule has 0 aliphatic heterocycles. The van der Waals surface area contributed by atoms with Gasteiger partial charge in [-0.1, -0.05) is 12.1 Å². The van der Waals surface area contributed by atoms with Gasteiger partial charge in [-0.2, -0.15) is 0 Å². The van der Waals surface area contributed by atoms with Crippen LogP contribution in [0.4, 0.5) is 11.4 Å². The fraction of sp³-hybridized carbons (Fsp3) is 0.133. The first kappa shape index (κ1) is 13.7. The zero-order valence-corrected chi connectivity index (χ0v) is 11.3. The number of carbonyl (C=O) groups excluding carboxylic acids is 1. The second kappa shape index (κ2) is 5.52. The number of nitrogens with one attached hydrogen (secondary N) is 1. The van der Waals surface area contributed by atoms with E-state index in [1.54, 1.807) is 43.3 Å². The summed E-state index contributed by atoms with van der Waals surface area (Å²) in [5.74, 6) is 0.0270. The molecular weight excluding hydrogens is 256 g/mol. The first-order valence-electron chi connectivity index (χ1n) is 6.06. The number of aryl methyl sites for hydroxylation is 1. The molecule has 0 bridgehead atoms. The van der Waals surface area contributed by atoms with Crippen molar-refractivity contribution in [2.45, 2.75) is 6.92 Å². The van der Waals surface area contributed by atoms with E-state index in [0.717, 1.165) is 0 Å². The minimum absolute atomic E-state index is 0.0283. The van der Waals surface area contributed by atoms with Crippen LogP contribution in [0.5, 0.6) is 11.5 Å². The molecule has 0 aliphatic rings. The van der Waals surface area contributed by atoms with E-state index in [0.29, 0.717) is 22.7 Å². The average molecular weight is 272 g/mol. The lowest BCUT2D eigenvalue weighted by Crippen LogP contribution is -2.13. The third kappa shape index (κ3) is 2.66. The molecule has 0 radical (unpaired) electrons. The summed E-state index contributed by atoms with van der Waals surface area (Å²) in [6, 6.07) is 9.93. The Morgan fingerprint density at radius 2 is 2.05 bits per heavy atom. The molecule has 5 heteroatoms. The monoisotopic (exact) mass is 272 g/mol. The maximum absolute atomic E-state index is 12.2. The summed E-state index contributed by atoms with van der Waals surface area (Å²) in [5.41, 5.74) is 7.54. The van der Waals surface area contributed by atoms with Crippen molar-refractivity contribution in [2.75, 3.05) is 18.2 Å². The number of benzene rings is 2. The van der Waals surface area contributed by atoms with Gasteiger partial charge < -0.3 is 20.9 Å². The quantitative estimate of drug-likeness (QED) is 0.750. The summed E-state index contributed by atoms with van der Waals surface area (Å²) >= 11 is 0. The number of carbonyl (C=O) groups is 1. The largest absolute Gasteiger partial charge is 0.507 e. The molecular formula is C15H16N2O3. The second-order valence-corrected chi connectivity index (χ2v) is 4.38. The molecule has 0 saturated carbocycles. The van der Waals surface area contributed by atoms with E-state index in [9.17, 15) is 9.90 Å². The maximum atomic E-state index is 12.2. The number of aromatic hydroxyl groups is 1. The zero-order chi connectivity index (χ0) is 14.7. The molecule has 0 fully saturated rings. The van der Waals surface area contributed by atoms with Gasteiger partial charge in [-0.3, -0.25) is 4.79 Å². The fourth-order valence-corrected chi connectivity index (χ4v) is 1.84. The molecule has 20 heavy (non-hydrogen) atoms. The average Bonchev–Trinajstić information content (AvgIpc) is 2.43. The number of rotatable bonds is 3. The van der Waals surface area contributed by atoms with Gasteiger partial charge in [0.1, 0.15) is 11.5 Å². The van der Waals surface area contributed by atoms with Gasteiger partial charge in [-0.25, -0.2) is 0 Å². The van der Waals surface area contributed by atoms with E-state index < -0.39 is 5.91 Å². The van der Waals surface area contributed by atoms with Gasteiger partial charge >= 0.3 is 0 Å². The Morgan fingerprint density at radius 3 is 2.75 bits per heavy atom. The van der Waals surface area contributed by atoms with Crippen LogP contribution >= 0.6 is 0 Å². The van der Waals surface area contributed by atoms with Crippen LogP contribution in [0.1, 0.15) is 15.9 Å². The van der Waals surface area contributed by atoms with E-state index in [4.69, 9.17) is 10.5 Å². The number of hydrogen-bond acceptors (Lipinski definition) is 4. The molecule has 0 saturated heterocycles. The molecule has 0 unspecified atom stereocenters. The molecule has 2 aromatic rings. The van der Waals surface area contributed by atoms with E-state index in [2.05, 4.69) is 5.32 Å². The van der Waals surface area contributed by atoms with Crippen molar-refractivity contribution in [3.05, 3.63) is 47.5 Å². The summed E-state index contributed by atoms with van der Waals surface area (Å²) in [7, 11) is 1.49. The van der Waals surface area contributed by atoms with E-state index in [1.807, 2.05) is 0 Å². The highest BCUT2D eigenvalue weighted by Gasteiger charge is 2.14. The number of phenols is 1. The lowest BCUT2D eigenvalue weighted by atomic mass is 10.1. The van der Waals surface area contributed by atoms with E-state index >= 15 is 0 Å². The van der Waals surface area contributed by atoms with Crippen LogP contribution < -0.4 is 15.8 Å². The number of nitrogen functional groups attached to an aromatic ring is 1. The van der Waals surface area contributed by atoms with Crippen LogP contribution in [0.25, 0.3) is 0 Å². The Morgan fingerprint density at radius 1 is 1.30 bits per heavy atom. The predicted octanol–water partition coefficient (Wildman–Crippen LogP) is 2.54. The molecule has 4 N–H and O–H groups in total. The van der Waals surface area contributed by atoms with Crippen molar-refractivity contribution in [2.24, 2.45) is 0 Å². The summed E-state index contributed by atoms with van der Waals surface area (Å²) in [4.78, 5) is 12.2.